The molecule has 1 aliphatic heterocycles. The number of carboxylic acids is 1. The molecule has 0 bridgehead atoms. The topological polar surface area (TPSA) is 116 Å². The van der Waals surface area contributed by atoms with Gasteiger partial charge in [0.25, 0.3) is 0 Å². The van der Waals surface area contributed by atoms with E-state index in [2.05, 4.69) is 16.0 Å². The average Bonchev–Trinajstić information content (AvgIpc) is 3.33. The van der Waals surface area contributed by atoms with Gasteiger partial charge in [-0.1, -0.05) is 36.4 Å². The number of benzene rings is 2. The van der Waals surface area contributed by atoms with Crippen LogP contribution in [0, 0.1) is 11.3 Å². The number of nitriles is 1. The fraction of sp³-hybridized carbons (Fsp3) is 0.320. The number of piperidine rings is 1. The highest BCUT2D eigenvalue weighted by Crippen LogP contribution is 2.35. The molecule has 0 saturated carbocycles. The molecule has 0 amide bonds. The summed E-state index contributed by atoms with van der Waals surface area (Å²) in [6.07, 6.45) is 2.31. The van der Waals surface area contributed by atoms with Gasteiger partial charge in [0.05, 0.1) is 11.5 Å². The molecule has 8 heteroatoms. The summed E-state index contributed by atoms with van der Waals surface area (Å²) in [5, 5.41) is 19.8. The largest absolute Gasteiger partial charge is 0.489 e. The van der Waals surface area contributed by atoms with Gasteiger partial charge in [0.2, 0.25) is 0 Å². The number of ether oxygens (including phenoxy) is 2. The molecule has 1 saturated heterocycles. The number of fused-ring (bicyclic) bond motifs is 1. The minimum atomic E-state index is -1.64. The van der Waals surface area contributed by atoms with Crippen LogP contribution in [0.4, 0.5) is 0 Å². The van der Waals surface area contributed by atoms with E-state index in [1.807, 2.05) is 54.6 Å². The van der Waals surface area contributed by atoms with Crippen LogP contribution in [0.2, 0.25) is 0 Å². The van der Waals surface area contributed by atoms with Gasteiger partial charge in [-0.3, -0.25) is 4.90 Å². The van der Waals surface area contributed by atoms with Gasteiger partial charge < -0.3 is 19.6 Å². The van der Waals surface area contributed by atoms with Crippen LogP contribution in [-0.4, -0.2) is 59.3 Å². The highest BCUT2D eigenvalue weighted by molar-refractivity contribution is 6.28. The van der Waals surface area contributed by atoms with Crippen molar-refractivity contribution in [2.45, 2.75) is 24.4 Å². The second kappa shape index (κ2) is 9.76. The Bertz CT molecular complexity index is 1160. The molecule has 33 heavy (non-hydrogen) atoms. The lowest BCUT2D eigenvalue weighted by atomic mass is 9.74. The summed E-state index contributed by atoms with van der Waals surface area (Å²) in [6.45, 7) is 1.58. The van der Waals surface area contributed by atoms with Crippen LogP contribution in [0.3, 0.4) is 0 Å². The summed E-state index contributed by atoms with van der Waals surface area (Å²) in [5.74, 6) is -2.33. The molecule has 2 N–H and O–H groups in total. The number of carboxylic acid groups (broad SMARTS) is 1. The zero-order valence-corrected chi connectivity index (χ0v) is 18.1. The lowest BCUT2D eigenvalue weighted by Crippen LogP contribution is -2.46. The van der Waals surface area contributed by atoms with E-state index in [-0.39, 0.29) is 6.61 Å². The number of likely N-dealkylation sites (tertiary alicyclic amines) is 1. The van der Waals surface area contributed by atoms with Crippen LogP contribution in [0.25, 0.3) is 10.9 Å². The van der Waals surface area contributed by atoms with Gasteiger partial charge in [0.15, 0.2) is 0 Å². The SMILES string of the molecule is N#CC1(c2ccccc2)CCN(C[C@@H](COc2cccc3[nH]ccc23)OC(=O)C(=O)O)CC1. The first-order valence-electron chi connectivity index (χ1n) is 10.8. The number of aromatic amines is 1. The van der Waals surface area contributed by atoms with Crippen LogP contribution in [-0.2, 0) is 19.7 Å². The lowest BCUT2D eigenvalue weighted by molar-refractivity contribution is -0.169. The van der Waals surface area contributed by atoms with Crippen LogP contribution in [0.15, 0.2) is 60.8 Å². The number of aromatic nitrogens is 1. The molecule has 1 aromatic heterocycles. The molecule has 170 valence electrons. The summed E-state index contributed by atoms with van der Waals surface area (Å²) in [6, 6.07) is 19.7. The number of nitrogens with zero attached hydrogens (tertiary/aromatic N) is 2. The predicted molar refractivity (Wildman–Crippen MR) is 121 cm³/mol. The monoisotopic (exact) mass is 447 g/mol. The van der Waals surface area contributed by atoms with Crippen LogP contribution < -0.4 is 4.74 Å². The third-order valence-electron chi connectivity index (χ3n) is 6.14. The fourth-order valence-corrected chi connectivity index (χ4v) is 4.32. The summed E-state index contributed by atoms with van der Waals surface area (Å²) < 4.78 is 11.1. The molecule has 0 unspecified atom stereocenters. The van der Waals surface area contributed by atoms with E-state index in [1.54, 1.807) is 6.20 Å². The van der Waals surface area contributed by atoms with E-state index >= 15 is 0 Å². The molecule has 0 radical (unpaired) electrons. The molecule has 1 fully saturated rings. The predicted octanol–water partition coefficient (Wildman–Crippen LogP) is 3.10. The van der Waals surface area contributed by atoms with Gasteiger partial charge in [-0.25, -0.2) is 9.59 Å². The van der Waals surface area contributed by atoms with Crippen molar-refractivity contribution in [3.05, 3.63) is 66.4 Å². The van der Waals surface area contributed by atoms with Crippen molar-refractivity contribution in [3.8, 4) is 11.8 Å². The normalized spacial score (nSPS) is 16.6. The van der Waals surface area contributed by atoms with Gasteiger partial charge in [-0.2, -0.15) is 5.26 Å². The van der Waals surface area contributed by atoms with Gasteiger partial charge >= 0.3 is 11.9 Å². The minimum Gasteiger partial charge on any atom is -0.489 e. The Labute approximate surface area is 191 Å². The van der Waals surface area contributed by atoms with Gasteiger partial charge in [0, 0.05) is 36.7 Å². The third kappa shape index (κ3) is 4.99. The quantitative estimate of drug-likeness (QED) is 0.422. The maximum atomic E-state index is 11.8. The highest BCUT2D eigenvalue weighted by atomic mass is 16.6. The molecule has 3 aromatic rings. The van der Waals surface area contributed by atoms with E-state index in [9.17, 15) is 14.9 Å². The Morgan fingerprint density at radius 2 is 1.88 bits per heavy atom. The number of carbonyl (C=O) groups excluding carboxylic acids is 1. The second-order valence-corrected chi connectivity index (χ2v) is 8.20. The van der Waals surface area contributed by atoms with Crippen molar-refractivity contribution in [3.63, 3.8) is 0 Å². The molecule has 0 aliphatic carbocycles. The first-order chi connectivity index (χ1) is 16.0. The van der Waals surface area contributed by atoms with Crippen molar-refractivity contribution in [1.29, 1.82) is 5.26 Å². The van der Waals surface area contributed by atoms with Gasteiger partial charge in [-0.05, 0) is 36.6 Å². The van der Waals surface area contributed by atoms with E-state index in [4.69, 9.17) is 14.6 Å². The van der Waals surface area contributed by atoms with E-state index in [0.29, 0.717) is 38.2 Å². The Kier molecular flexibility index (Phi) is 6.61. The maximum Gasteiger partial charge on any atom is 0.417 e. The lowest BCUT2D eigenvalue weighted by Gasteiger charge is -2.38. The summed E-state index contributed by atoms with van der Waals surface area (Å²) in [5.41, 5.74) is 1.37. The average molecular weight is 447 g/mol. The number of H-pyrrole nitrogens is 1. The van der Waals surface area contributed by atoms with E-state index in [1.165, 1.54) is 0 Å². The van der Waals surface area contributed by atoms with Gasteiger partial charge in [-0.15, -0.1) is 0 Å². The fourth-order valence-electron chi connectivity index (χ4n) is 4.32. The zero-order valence-electron chi connectivity index (χ0n) is 18.1. The first-order valence-corrected chi connectivity index (χ1v) is 10.8. The molecular formula is C25H25N3O5. The number of hydrogen-bond donors (Lipinski definition) is 2. The standard InChI is InChI=1S/C25H25N3O5/c26-17-25(18-5-2-1-3-6-18)10-13-28(14-11-25)15-19(33-24(31)23(29)30)16-32-22-8-4-7-21-20(22)9-12-27-21/h1-9,12,19,27H,10-11,13-16H2,(H,29,30)/t19-/m0/s1. The molecule has 2 aromatic carbocycles. The third-order valence-corrected chi connectivity index (χ3v) is 6.14. The summed E-state index contributed by atoms with van der Waals surface area (Å²) in [4.78, 5) is 28.0. The number of rotatable bonds is 7. The van der Waals surface area contributed by atoms with Crippen molar-refractivity contribution >= 4 is 22.8 Å². The highest BCUT2D eigenvalue weighted by Gasteiger charge is 2.37. The van der Waals surface area contributed by atoms with Crippen LogP contribution in [0.5, 0.6) is 5.75 Å². The minimum absolute atomic E-state index is 0.0158. The summed E-state index contributed by atoms with van der Waals surface area (Å²) in [7, 11) is 0. The first kappa shape index (κ1) is 22.4. The molecule has 0 spiro atoms. The number of carbonyl (C=O) groups is 2. The Morgan fingerprint density at radius 1 is 1.12 bits per heavy atom. The van der Waals surface area contributed by atoms with Crippen molar-refractivity contribution in [2.75, 3.05) is 26.2 Å². The maximum absolute atomic E-state index is 11.8. The number of hydrogen-bond acceptors (Lipinski definition) is 6. The molecule has 1 atom stereocenters. The van der Waals surface area contributed by atoms with Crippen molar-refractivity contribution in [1.82, 2.24) is 9.88 Å². The van der Waals surface area contributed by atoms with Crippen molar-refractivity contribution in [2.24, 2.45) is 0 Å². The Hall–Kier alpha value is -3.83. The summed E-state index contributed by atoms with van der Waals surface area (Å²) >= 11 is 0. The number of aliphatic carboxylic acids is 1. The molecule has 2 heterocycles. The van der Waals surface area contributed by atoms with Crippen LogP contribution >= 0.6 is 0 Å². The van der Waals surface area contributed by atoms with Crippen LogP contribution in [0.1, 0.15) is 18.4 Å². The van der Waals surface area contributed by atoms with Crippen molar-refractivity contribution < 1.29 is 24.2 Å². The smallest absolute Gasteiger partial charge is 0.417 e. The van der Waals surface area contributed by atoms with E-state index < -0.39 is 23.5 Å². The number of nitrogens with one attached hydrogen (secondary N) is 1. The Morgan fingerprint density at radius 3 is 2.58 bits per heavy atom. The van der Waals surface area contributed by atoms with Gasteiger partial charge in [0.1, 0.15) is 18.5 Å². The zero-order chi connectivity index (χ0) is 23.3. The van der Waals surface area contributed by atoms with E-state index in [0.717, 1.165) is 16.5 Å². The molecule has 8 nitrogen and oxygen atoms in total. The number of esters is 1. The molecular weight excluding hydrogens is 422 g/mol. The second-order valence-electron chi connectivity index (χ2n) is 8.20. The molecule has 1 aliphatic rings. The molecule has 4 rings (SSSR count). The Balaban J connectivity index is 1.42.